The molecule has 0 radical (unpaired) electrons. The van der Waals surface area contributed by atoms with Crippen molar-refractivity contribution in [3.8, 4) is 0 Å². The van der Waals surface area contributed by atoms with Gasteiger partial charge in [-0.3, -0.25) is 0 Å². The summed E-state index contributed by atoms with van der Waals surface area (Å²) >= 11 is 6.02. The van der Waals surface area contributed by atoms with Crippen LogP contribution in [-0.4, -0.2) is 24.0 Å². The van der Waals surface area contributed by atoms with Crippen LogP contribution in [0.4, 0.5) is 0 Å². The lowest BCUT2D eigenvalue weighted by atomic mass is 9.97. The van der Waals surface area contributed by atoms with Gasteiger partial charge in [0.25, 0.3) is 0 Å². The fourth-order valence-corrected chi connectivity index (χ4v) is 2.93. The number of nitrogens with zero attached hydrogens (tertiary/aromatic N) is 1. The molecule has 84 valence electrons. The van der Waals surface area contributed by atoms with Crippen LogP contribution in [0, 0.1) is 0 Å². The molecule has 1 aliphatic rings. The van der Waals surface area contributed by atoms with Crippen molar-refractivity contribution in [1.29, 1.82) is 0 Å². The molecule has 2 rings (SSSR count). The summed E-state index contributed by atoms with van der Waals surface area (Å²) in [5, 5.41) is 3.50. The Morgan fingerprint density at radius 2 is 2.27 bits per heavy atom. The number of aromatic nitrogens is 1. The highest BCUT2D eigenvalue weighted by Crippen LogP contribution is 2.28. The molecule has 0 saturated carbocycles. The smallest absolute Gasteiger partial charge is 0.0928 e. The van der Waals surface area contributed by atoms with Gasteiger partial charge in [-0.15, -0.1) is 11.3 Å². The zero-order valence-corrected chi connectivity index (χ0v) is 10.5. The van der Waals surface area contributed by atoms with E-state index in [1.165, 1.54) is 10.7 Å². The van der Waals surface area contributed by atoms with E-state index in [1.807, 2.05) is 0 Å². The van der Waals surface area contributed by atoms with Gasteiger partial charge in [-0.05, 0) is 25.0 Å². The van der Waals surface area contributed by atoms with Gasteiger partial charge in [0.15, 0.2) is 0 Å². The van der Waals surface area contributed by atoms with Crippen molar-refractivity contribution in [2.24, 2.45) is 0 Å². The van der Waals surface area contributed by atoms with Crippen molar-refractivity contribution in [1.82, 2.24) is 4.98 Å². The summed E-state index contributed by atoms with van der Waals surface area (Å²) < 4.78 is 5.36. The molecule has 1 saturated heterocycles. The molecular weight excluding hydrogens is 226 g/mol. The minimum atomic E-state index is 0.639. The molecule has 4 heteroatoms. The van der Waals surface area contributed by atoms with E-state index < -0.39 is 0 Å². The van der Waals surface area contributed by atoms with Crippen LogP contribution in [0.5, 0.6) is 0 Å². The summed E-state index contributed by atoms with van der Waals surface area (Å²) in [6, 6.07) is 0. The normalized spacial score (nSPS) is 18.2. The van der Waals surface area contributed by atoms with Crippen LogP contribution in [0.3, 0.4) is 0 Å². The molecule has 2 nitrogen and oxygen atoms in total. The lowest BCUT2D eigenvalue weighted by molar-refractivity contribution is 0.0846. The van der Waals surface area contributed by atoms with Crippen molar-refractivity contribution < 1.29 is 4.74 Å². The molecule has 0 spiro atoms. The Morgan fingerprint density at radius 3 is 3.00 bits per heavy atom. The van der Waals surface area contributed by atoms with E-state index in [0.717, 1.165) is 44.6 Å². The third-order valence-electron chi connectivity index (χ3n) is 2.76. The van der Waals surface area contributed by atoms with Crippen LogP contribution >= 0.6 is 24.0 Å². The molecule has 0 N–H and O–H groups in total. The number of aryl methyl sites for hydroxylation is 1. The van der Waals surface area contributed by atoms with Gasteiger partial charge in [0, 0.05) is 30.9 Å². The van der Waals surface area contributed by atoms with Gasteiger partial charge in [0.1, 0.15) is 0 Å². The van der Waals surface area contributed by atoms with Gasteiger partial charge in [-0.25, -0.2) is 4.98 Å². The van der Waals surface area contributed by atoms with E-state index >= 15 is 0 Å². The Hall–Kier alpha value is -0.0600. The largest absolute Gasteiger partial charge is 0.381 e. The molecule has 0 atom stereocenters. The molecule has 2 heterocycles. The Bertz CT molecular complexity index is 295. The van der Waals surface area contributed by atoms with Crippen molar-refractivity contribution in [3.05, 3.63) is 16.1 Å². The summed E-state index contributed by atoms with van der Waals surface area (Å²) in [5.74, 6) is 1.59. The third-order valence-corrected chi connectivity index (χ3v) is 4.00. The second-order valence-corrected chi connectivity index (χ2v) is 5.27. The van der Waals surface area contributed by atoms with Crippen LogP contribution in [-0.2, 0) is 11.2 Å². The predicted molar refractivity (Wildman–Crippen MR) is 67.1 cm³/mol. The monoisotopic (exact) mass is 243 g/mol. The predicted octanol–water partition coefficient (Wildman–Crippen LogP) is 2.90. The molecule has 0 aromatic carbocycles. The molecule has 0 unspecified atom stereocenters. The van der Waals surface area contributed by atoms with Gasteiger partial charge in [-0.1, -0.05) is 0 Å². The molecule has 0 aliphatic carbocycles. The van der Waals surface area contributed by atoms with Gasteiger partial charge >= 0.3 is 0 Å². The Balaban J connectivity index is 1.93. The standard InChI is InChI=1S/C11H17NOS2/c14-7-1-2-11-12-10(8-15-11)9-3-5-13-6-4-9/h8-9,14H,1-7H2. The zero-order valence-electron chi connectivity index (χ0n) is 8.82. The lowest BCUT2D eigenvalue weighted by Gasteiger charge is -2.19. The second-order valence-electron chi connectivity index (χ2n) is 3.88. The summed E-state index contributed by atoms with van der Waals surface area (Å²) in [5.41, 5.74) is 1.29. The van der Waals surface area contributed by atoms with Gasteiger partial charge in [0.05, 0.1) is 10.7 Å². The average Bonchev–Trinajstić information content (AvgIpc) is 2.76. The van der Waals surface area contributed by atoms with Crippen LogP contribution in [0.25, 0.3) is 0 Å². The summed E-state index contributed by atoms with van der Waals surface area (Å²) in [7, 11) is 0. The maximum Gasteiger partial charge on any atom is 0.0928 e. The van der Waals surface area contributed by atoms with E-state index in [1.54, 1.807) is 11.3 Å². The number of hydrogen-bond acceptors (Lipinski definition) is 4. The minimum absolute atomic E-state index is 0.639. The first-order valence-corrected chi connectivity index (χ1v) is 7.04. The number of ether oxygens (including phenoxy) is 1. The molecule has 1 aromatic rings. The van der Waals surface area contributed by atoms with Crippen molar-refractivity contribution in [3.63, 3.8) is 0 Å². The third kappa shape index (κ3) is 3.20. The van der Waals surface area contributed by atoms with Gasteiger partial charge < -0.3 is 4.74 Å². The summed E-state index contributed by atoms with van der Waals surface area (Å²) in [4.78, 5) is 4.70. The van der Waals surface area contributed by atoms with Gasteiger partial charge in [0.2, 0.25) is 0 Å². The Labute approximate surface area is 100 Å². The first-order valence-electron chi connectivity index (χ1n) is 5.53. The lowest BCUT2D eigenvalue weighted by Crippen LogP contribution is -2.14. The first-order chi connectivity index (χ1) is 7.40. The average molecular weight is 243 g/mol. The van der Waals surface area contributed by atoms with E-state index in [9.17, 15) is 0 Å². The maximum atomic E-state index is 5.36. The molecule has 1 aliphatic heterocycles. The molecule has 15 heavy (non-hydrogen) atoms. The summed E-state index contributed by atoms with van der Waals surface area (Å²) in [6.07, 6.45) is 4.48. The van der Waals surface area contributed by atoms with Gasteiger partial charge in [-0.2, -0.15) is 12.6 Å². The maximum absolute atomic E-state index is 5.36. The van der Waals surface area contributed by atoms with Crippen LogP contribution in [0.1, 0.15) is 35.9 Å². The van der Waals surface area contributed by atoms with E-state index in [0.29, 0.717) is 5.92 Å². The fraction of sp³-hybridized carbons (Fsp3) is 0.727. The minimum Gasteiger partial charge on any atom is -0.381 e. The quantitative estimate of drug-likeness (QED) is 0.821. The van der Waals surface area contributed by atoms with E-state index in [2.05, 4.69) is 18.0 Å². The number of thiol groups is 1. The van der Waals surface area contributed by atoms with Crippen molar-refractivity contribution in [2.45, 2.75) is 31.6 Å². The highest BCUT2D eigenvalue weighted by Gasteiger charge is 2.18. The Kier molecular flexibility index (Phi) is 4.47. The van der Waals surface area contributed by atoms with Crippen molar-refractivity contribution >= 4 is 24.0 Å². The first kappa shape index (κ1) is 11.4. The molecule has 1 aromatic heterocycles. The van der Waals surface area contributed by atoms with E-state index in [4.69, 9.17) is 9.72 Å². The number of hydrogen-bond donors (Lipinski definition) is 1. The SMILES string of the molecule is SCCCc1nc(C2CCOCC2)cs1. The van der Waals surface area contributed by atoms with Crippen LogP contribution in [0.2, 0.25) is 0 Å². The highest BCUT2D eigenvalue weighted by molar-refractivity contribution is 7.80. The molecular formula is C11H17NOS2. The zero-order chi connectivity index (χ0) is 10.5. The van der Waals surface area contributed by atoms with Crippen molar-refractivity contribution in [2.75, 3.05) is 19.0 Å². The topological polar surface area (TPSA) is 22.1 Å². The molecule has 0 amide bonds. The molecule has 1 fully saturated rings. The summed E-state index contributed by atoms with van der Waals surface area (Å²) in [6.45, 7) is 1.79. The number of thiazole rings is 1. The fourth-order valence-electron chi connectivity index (χ4n) is 1.85. The Morgan fingerprint density at radius 1 is 1.47 bits per heavy atom. The van der Waals surface area contributed by atoms with E-state index in [-0.39, 0.29) is 0 Å². The number of rotatable bonds is 4. The second kappa shape index (κ2) is 5.87. The highest BCUT2D eigenvalue weighted by atomic mass is 32.1. The van der Waals surface area contributed by atoms with Crippen LogP contribution < -0.4 is 0 Å². The van der Waals surface area contributed by atoms with Crippen LogP contribution in [0.15, 0.2) is 5.38 Å². The molecule has 0 bridgehead atoms.